The molecule has 0 aliphatic rings. The van der Waals surface area contributed by atoms with Crippen molar-refractivity contribution >= 4 is 22.3 Å². The number of thiazole rings is 1. The van der Waals surface area contributed by atoms with Gasteiger partial charge in [0, 0.05) is 29.8 Å². The van der Waals surface area contributed by atoms with E-state index in [-0.39, 0.29) is 10.7 Å². The predicted octanol–water partition coefficient (Wildman–Crippen LogP) is 2.76. The Morgan fingerprint density at radius 2 is 2.29 bits per heavy atom. The summed E-state index contributed by atoms with van der Waals surface area (Å²) in [4.78, 5) is 4.29. The Bertz CT molecular complexity index is 349. The first-order valence-corrected chi connectivity index (χ1v) is 8.06. The fraction of sp³-hybridized carbons (Fsp3) is 0.750. The second-order valence-electron chi connectivity index (χ2n) is 5.10. The zero-order valence-electron chi connectivity index (χ0n) is 11.0. The van der Waals surface area contributed by atoms with Crippen LogP contribution in [0, 0.1) is 5.41 Å². The van der Waals surface area contributed by atoms with Crippen LogP contribution < -0.4 is 4.72 Å². The molecule has 5 heteroatoms. The monoisotopic (exact) mass is 274 g/mol. The van der Waals surface area contributed by atoms with Crippen LogP contribution in [-0.2, 0) is 17.4 Å². The standard InChI is InChI=1S/C12H22N2OS2/c1-5-10(2)17(15)14-9-12(3,4)8-11-13-6-7-16-11/h6-7,10,14H,5,8-9H2,1-4H3. The molecule has 0 aromatic carbocycles. The van der Waals surface area contributed by atoms with E-state index in [1.54, 1.807) is 11.3 Å². The van der Waals surface area contributed by atoms with E-state index in [9.17, 15) is 4.21 Å². The fourth-order valence-corrected chi connectivity index (χ4v) is 3.37. The van der Waals surface area contributed by atoms with Crippen molar-refractivity contribution in [3.8, 4) is 0 Å². The van der Waals surface area contributed by atoms with E-state index < -0.39 is 11.0 Å². The van der Waals surface area contributed by atoms with Crippen LogP contribution in [0.15, 0.2) is 11.6 Å². The summed E-state index contributed by atoms with van der Waals surface area (Å²) in [7, 11) is -0.927. The SMILES string of the molecule is CCC(C)S(=O)NCC(C)(C)Cc1nccs1. The van der Waals surface area contributed by atoms with E-state index in [0.29, 0.717) is 0 Å². The van der Waals surface area contributed by atoms with Crippen molar-refractivity contribution in [2.45, 2.75) is 45.8 Å². The van der Waals surface area contributed by atoms with Gasteiger partial charge >= 0.3 is 0 Å². The lowest BCUT2D eigenvalue weighted by Gasteiger charge is -2.24. The molecule has 1 heterocycles. The van der Waals surface area contributed by atoms with Gasteiger partial charge in [0.15, 0.2) is 0 Å². The highest BCUT2D eigenvalue weighted by Gasteiger charge is 2.21. The van der Waals surface area contributed by atoms with E-state index in [1.807, 2.05) is 18.5 Å². The van der Waals surface area contributed by atoms with E-state index in [1.165, 1.54) is 0 Å². The van der Waals surface area contributed by atoms with E-state index in [0.717, 1.165) is 24.4 Å². The molecule has 1 rings (SSSR count). The zero-order chi connectivity index (χ0) is 12.9. The molecule has 1 N–H and O–H groups in total. The Morgan fingerprint density at radius 1 is 1.59 bits per heavy atom. The number of nitrogens with zero attached hydrogens (tertiary/aromatic N) is 1. The predicted molar refractivity (Wildman–Crippen MR) is 75.5 cm³/mol. The third kappa shape index (κ3) is 5.27. The molecule has 0 amide bonds. The van der Waals surface area contributed by atoms with Gasteiger partial charge in [-0.05, 0) is 18.8 Å². The summed E-state index contributed by atoms with van der Waals surface area (Å²) in [6.45, 7) is 9.18. The van der Waals surface area contributed by atoms with Crippen LogP contribution in [0.2, 0.25) is 0 Å². The van der Waals surface area contributed by atoms with Gasteiger partial charge < -0.3 is 0 Å². The number of aromatic nitrogens is 1. The number of nitrogens with one attached hydrogen (secondary N) is 1. The van der Waals surface area contributed by atoms with Gasteiger partial charge in [-0.25, -0.2) is 13.9 Å². The molecule has 98 valence electrons. The third-order valence-corrected chi connectivity index (χ3v) is 5.02. The molecule has 0 bridgehead atoms. The maximum atomic E-state index is 11.8. The van der Waals surface area contributed by atoms with Gasteiger partial charge in [-0.15, -0.1) is 11.3 Å². The Hall–Kier alpha value is -0.260. The smallest absolute Gasteiger partial charge is 0.0944 e. The molecule has 1 aromatic rings. The highest BCUT2D eigenvalue weighted by atomic mass is 32.2. The highest BCUT2D eigenvalue weighted by molar-refractivity contribution is 7.83. The van der Waals surface area contributed by atoms with Crippen LogP contribution >= 0.6 is 11.3 Å². The second-order valence-corrected chi connectivity index (χ2v) is 7.77. The van der Waals surface area contributed by atoms with Crippen molar-refractivity contribution in [1.82, 2.24) is 9.71 Å². The maximum Gasteiger partial charge on any atom is 0.0944 e. The topological polar surface area (TPSA) is 42.0 Å². The quantitative estimate of drug-likeness (QED) is 0.830. The first-order chi connectivity index (χ1) is 7.94. The van der Waals surface area contributed by atoms with Crippen LogP contribution in [0.4, 0.5) is 0 Å². The Labute approximate surface area is 111 Å². The molecule has 2 unspecified atom stereocenters. The normalized spacial score (nSPS) is 15.8. The largest absolute Gasteiger partial charge is 0.250 e. The average Bonchev–Trinajstić information content (AvgIpc) is 2.76. The van der Waals surface area contributed by atoms with Crippen LogP contribution in [0.5, 0.6) is 0 Å². The number of hydrogen-bond donors (Lipinski definition) is 1. The maximum absolute atomic E-state index is 11.8. The summed E-state index contributed by atoms with van der Waals surface area (Å²) in [5.41, 5.74) is 0.0843. The lowest BCUT2D eigenvalue weighted by Crippen LogP contribution is -2.35. The molecular formula is C12H22N2OS2. The van der Waals surface area contributed by atoms with Crippen LogP contribution in [-0.4, -0.2) is 21.0 Å². The van der Waals surface area contributed by atoms with Gasteiger partial charge in [0.1, 0.15) is 0 Å². The molecule has 0 aliphatic carbocycles. The van der Waals surface area contributed by atoms with Crippen LogP contribution in [0.3, 0.4) is 0 Å². The molecule has 0 saturated carbocycles. The van der Waals surface area contributed by atoms with E-state index in [2.05, 4.69) is 30.5 Å². The minimum absolute atomic E-state index is 0.0843. The molecule has 0 radical (unpaired) electrons. The summed E-state index contributed by atoms with van der Waals surface area (Å²) in [6.07, 6.45) is 3.70. The van der Waals surface area contributed by atoms with Crippen molar-refractivity contribution in [3.05, 3.63) is 16.6 Å². The minimum Gasteiger partial charge on any atom is -0.250 e. The fourth-order valence-electron chi connectivity index (χ4n) is 1.37. The van der Waals surface area contributed by atoms with Crippen LogP contribution in [0.1, 0.15) is 39.1 Å². The first kappa shape index (κ1) is 14.8. The third-order valence-electron chi connectivity index (χ3n) is 2.75. The molecule has 0 saturated heterocycles. The Morgan fingerprint density at radius 3 is 2.82 bits per heavy atom. The van der Waals surface area contributed by atoms with E-state index in [4.69, 9.17) is 0 Å². The Balaban J connectivity index is 2.41. The van der Waals surface area contributed by atoms with Gasteiger partial charge in [-0.3, -0.25) is 0 Å². The lowest BCUT2D eigenvalue weighted by atomic mass is 9.90. The van der Waals surface area contributed by atoms with Gasteiger partial charge in [-0.1, -0.05) is 20.8 Å². The molecule has 3 nitrogen and oxygen atoms in total. The highest BCUT2D eigenvalue weighted by Crippen LogP contribution is 2.22. The zero-order valence-corrected chi connectivity index (χ0v) is 12.7. The average molecular weight is 274 g/mol. The molecule has 2 atom stereocenters. The van der Waals surface area contributed by atoms with Crippen LogP contribution in [0.25, 0.3) is 0 Å². The van der Waals surface area contributed by atoms with Crippen molar-refractivity contribution < 1.29 is 4.21 Å². The van der Waals surface area contributed by atoms with Crippen molar-refractivity contribution in [2.24, 2.45) is 5.41 Å². The van der Waals surface area contributed by atoms with E-state index >= 15 is 0 Å². The van der Waals surface area contributed by atoms with Gasteiger partial charge in [-0.2, -0.15) is 0 Å². The van der Waals surface area contributed by atoms with Gasteiger partial charge in [0.2, 0.25) is 0 Å². The lowest BCUT2D eigenvalue weighted by molar-refractivity contribution is 0.363. The number of rotatable bonds is 7. The van der Waals surface area contributed by atoms with Crippen molar-refractivity contribution in [3.63, 3.8) is 0 Å². The first-order valence-electron chi connectivity index (χ1n) is 5.97. The molecule has 0 aliphatic heterocycles. The summed E-state index contributed by atoms with van der Waals surface area (Å²) in [5, 5.41) is 3.35. The molecular weight excluding hydrogens is 252 g/mol. The molecule has 0 spiro atoms. The van der Waals surface area contributed by atoms with Gasteiger partial charge in [0.05, 0.1) is 16.0 Å². The summed E-state index contributed by atoms with van der Waals surface area (Å²) >= 11 is 1.68. The van der Waals surface area contributed by atoms with Crippen molar-refractivity contribution in [1.29, 1.82) is 0 Å². The van der Waals surface area contributed by atoms with Crippen molar-refractivity contribution in [2.75, 3.05) is 6.54 Å². The molecule has 17 heavy (non-hydrogen) atoms. The number of hydrogen-bond acceptors (Lipinski definition) is 3. The summed E-state index contributed by atoms with van der Waals surface area (Å²) in [5.74, 6) is 0. The summed E-state index contributed by atoms with van der Waals surface area (Å²) < 4.78 is 14.9. The molecule has 1 aromatic heterocycles. The Kier molecular flexibility index (Phi) is 5.76. The minimum atomic E-state index is -0.927. The summed E-state index contributed by atoms with van der Waals surface area (Å²) in [6, 6.07) is 0. The van der Waals surface area contributed by atoms with Gasteiger partial charge in [0.25, 0.3) is 0 Å². The second kappa shape index (κ2) is 6.61. The molecule has 0 fully saturated rings.